The van der Waals surface area contributed by atoms with Crippen LogP contribution in [0.25, 0.3) is 11.1 Å². The van der Waals surface area contributed by atoms with Gasteiger partial charge in [0.2, 0.25) is 5.71 Å². The largest absolute Gasteiger partial charge is 0.411 e. The molecule has 0 unspecified atom stereocenters. The first-order chi connectivity index (χ1) is 24.6. The molecule has 22 heteroatoms. The lowest BCUT2D eigenvalue weighted by atomic mass is 10.1. The maximum absolute atomic E-state index is 12.2. The van der Waals surface area contributed by atoms with Gasteiger partial charge in [0.25, 0.3) is 5.56 Å². The number of aromatic nitrogens is 6. The van der Waals surface area contributed by atoms with Gasteiger partial charge in [-0.25, -0.2) is 30.6 Å². The number of H-pyrrole nitrogens is 1. The van der Waals surface area contributed by atoms with Gasteiger partial charge >= 0.3 is 11.6 Å². The van der Waals surface area contributed by atoms with E-state index >= 15 is 0 Å². The number of Topliss-reactive ketones (excluding diaryl/α,β-unsaturated/α-hetero) is 1. The lowest BCUT2D eigenvalue weighted by molar-refractivity contribution is 0.101. The molecule has 18 nitrogen and oxygen atoms in total. The Labute approximate surface area is 305 Å². The second-order valence-electron chi connectivity index (χ2n) is 9.04. The van der Waals surface area contributed by atoms with E-state index in [1.54, 1.807) is 50.9 Å². The molecule has 6 aromatic heterocycles. The zero-order chi connectivity index (χ0) is 37.8. The van der Waals surface area contributed by atoms with Crippen LogP contribution in [0.2, 0.25) is 0 Å². The number of thiazole rings is 4. The van der Waals surface area contributed by atoms with Crippen molar-refractivity contribution in [3.05, 3.63) is 98.7 Å². The Morgan fingerprint density at radius 1 is 0.804 bits per heavy atom. The monoisotopic (exact) mass is 776 g/mol. The highest BCUT2D eigenvalue weighted by Crippen LogP contribution is 2.14. The Balaban J connectivity index is 0.000000265. The molecule has 0 amide bonds. The van der Waals surface area contributed by atoms with Gasteiger partial charge in [0.15, 0.2) is 10.8 Å². The fraction of sp³-hybridized carbons (Fsp3) is 0.207. The van der Waals surface area contributed by atoms with Crippen LogP contribution in [0.5, 0.6) is 6.01 Å². The van der Waals surface area contributed by atoms with Gasteiger partial charge < -0.3 is 24.9 Å². The van der Waals surface area contributed by atoms with E-state index in [-0.39, 0.29) is 22.9 Å². The summed E-state index contributed by atoms with van der Waals surface area (Å²) in [6.45, 7) is 8.48. The van der Waals surface area contributed by atoms with Crippen molar-refractivity contribution in [2.75, 3.05) is 0 Å². The number of aryl methyl sites for hydroxylation is 1. The van der Waals surface area contributed by atoms with Gasteiger partial charge in [-0.05, 0) is 32.8 Å². The number of ketones is 1. The third kappa shape index (κ3) is 13.4. The van der Waals surface area contributed by atoms with Crippen LogP contribution in [0, 0.1) is 0 Å². The summed E-state index contributed by atoms with van der Waals surface area (Å²) in [5, 5.41) is 43.2. The molecule has 0 aliphatic carbocycles. The molecule has 0 aromatic carbocycles. The summed E-state index contributed by atoms with van der Waals surface area (Å²) in [5.74, 6) is 3.54. The third-order valence-corrected chi connectivity index (χ3v) is 9.10. The number of carbonyl (C=O) groups is 1. The number of hydrogen-bond donors (Lipinski definition) is 5. The zero-order valence-electron chi connectivity index (χ0n) is 27.6. The van der Waals surface area contributed by atoms with Crippen LogP contribution in [0.1, 0.15) is 65.0 Å². The van der Waals surface area contributed by atoms with E-state index in [4.69, 9.17) is 24.9 Å². The highest BCUT2D eigenvalue weighted by atomic mass is 32.1. The van der Waals surface area contributed by atoms with Crippen LogP contribution in [0.4, 0.5) is 0 Å². The summed E-state index contributed by atoms with van der Waals surface area (Å²) < 4.78 is 4.98. The normalized spacial score (nSPS) is 11.1. The lowest BCUT2D eigenvalue weighted by Gasteiger charge is -2.03. The number of hydrogen-bond acceptors (Lipinski definition) is 21. The number of fused-ring (bicyclic) bond motifs is 1. The minimum absolute atomic E-state index is 0.0417. The Morgan fingerprint density at radius 2 is 1.25 bits per heavy atom. The van der Waals surface area contributed by atoms with Gasteiger partial charge in [-0.15, -0.1) is 45.3 Å². The molecule has 51 heavy (non-hydrogen) atoms. The Hall–Kier alpha value is -5.39. The third-order valence-electron chi connectivity index (χ3n) is 5.58. The van der Waals surface area contributed by atoms with Crippen LogP contribution in [0.15, 0.2) is 81.8 Å². The van der Waals surface area contributed by atoms with Crippen molar-refractivity contribution < 1.29 is 29.7 Å². The Kier molecular flexibility index (Phi) is 18.3. The zero-order valence-corrected chi connectivity index (χ0v) is 30.8. The summed E-state index contributed by atoms with van der Waals surface area (Å²) in [6.07, 6.45) is 7.13. The van der Waals surface area contributed by atoms with Gasteiger partial charge in [0.05, 0.1) is 0 Å². The van der Waals surface area contributed by atoms with Gasteiger partial charge in [-0.3, -0.25) is 14.6 Å². The van der Waals surface area contributed by atoms with E-state index in [0.29, 0.717) is 39.1 Å². The standard InChI is InChI=1S/C14H12N4O4S.2C5H6N2OS.C5H5NOS.H3NO/c1-3-8-6-9(19)21-12-10(8)11(20)16-14(17-12)22-18-7(2)13-15-4-5-23-13;2*1-4(7-8)5-6-2-3-9-5;1-4(7)5-6-2-3-8-5;1-2/h4-6H,3H2,1-2H3,(H,16,17,20);2*2-3,8H,1H3;2-3H,1H3;2H,1H2/b18-7+;7-4+;7-4-;;. The first-order valence-corrected chi connectivity index (χ1v) is 17.6. The van der Waals surface area contributed by atoms with E-state index < -0.39 is 11.2 Å². The van der Waals surface area contributed by atoms with E-state index in [2.05, 4.69) is 51.3 Å². The topological polar surface area (TPSA) is 278 Å². The predicted molar refractivity (Wildman–Crippen MR) is 196 cm³/mol. The van der Waals surface area contributed by atoms with Gasteiger partial charge in [0, 0.05) is 59.3 Å². The van der Waals surface area contributed by atoms with E-state index in [1.165, 1.54) is 58.3 Å². The number of nitrogens with two attached hydrogens (primary N) is 1. The average molecular weight is 777 g/mol. The van der Waals surface area contributed by atoms with Crippen molar-refractivity contribution in [1.82, 2.24) is 29.9 Å². The second kappa shape index (κ2) is 22.4. The van der Waals surface area contributed by atoms with Crippen LogP contribution >= 0.6 is 45.3 Å². The first kappa shape index (κ1) is 41.8. The summed E-state index contributed by atoms with van der Waals surface area (Å²) in [7, 11) is 0. The fourth-order valence-electron chi connectivity index (χ4n) is 3.29. The molecule has 0 spiro atoms. The average Bonchev–Trinajstić information content (AvgIpc) is 3.99. The Bertz CT molecular complexity index is 2060. The second-order valence-corrected chi connectivity index (χ2v) is 12.6. The maximum Gasteiger partial charge on any atom is 0.337 e. The van der Waals surface area contributed by atoms with Crippen molar-refractivity contribution in [2.45, 2.75) is 41.0 Å². The fourth-order valence-corrected chi connectivity index (χ4v) is 5.58. The molecule has 6 N–H and O–H groups in total. The van der Waals surface area contributed by atoms with E-state index in [0.717, 1.165) is 10.0 Å². The molecule has 6 rings (SSSR count). The smallest absolute Gasteiger partial charge is 0.337 e. The van der Waals surface area contributed by atoms with Gasteiger partial charge in [0.1, 0.15) is 37.5 Å². The number of aromatic amines is 1. The highest BCUT2D eigenvalue weighted by Gasteiger charge is 2.13. The molecule has 0 bridgehead atoms. The molecule has 0 radical (unpaired) electrons. The van der Waals surface area contributed by atoms with Crippen LogP contribution in [-0.4, -0.2) is 68.4 Å². The lowest BCUT2D eigenvalue weighted by Crippen LogP contribution is -2.14. The highest BCUT2D eigenvalue weighted by molar-refractivity contribution is 7.12. The number of rotatable bonds is 7. The van der Waals surface area contributed by atoms with Crippen LogP contribution in [-0.2, 0) is 6.42 Å². The SMILES string of the molecule is C/C(=N/O)c1nccs1.C/C(=N\O)c1nccs1.CC(=O)c1nccs1.CCc1cc(=O)oc2nc(O/N=C(\C)c3nccs3)[nH]c(=O)c12.NO. The molecule has 6 heterocycles. The molecule has 0 aliphatic heterocycles. The molecule has 0 atom stereocenters. The number of nitrogens with one attached hydrogen (secondary N) is 1. The van der Waals surface area contributed by atoms with Crippen molar-refractivity contribution in [3.63, 3.8) is 0 Å². The summed E-state index contributed by atoms with van der Waals surface area (Å²) in [6, 6.07) is 1.12. The first-order valence-electron chi connectivity index (χ1n) is 14.1. The summed E-state index contributed by atoms with van der Waals surface area (Å²) in [5.41, 5.74) is 1.13. The number of oxime groups is 3. The quantitative estimate of drug-likeness (QED) is 0.0613. The van der Waals surface area contributed by atoms with Crippen LogP contribution < -0.4 is 21.9 Å². The predicted octanol–water partition coefficient (Wildman–Crippen LogP) is 5.06. The van der Waals surface area contributed by atoms with Gasteiger partial charge in [-0.1, -0.05) is 22.4 Å². The van der Waals surface area contributed by atoms with Gasteiger partial charge in [-0.2, -0.15) is 4.98 Å². The van der Waals surface area contributed by atoms with Crippen LogP contribution in [0.3, 0.4) is 0 Å². The summed E-state index contributed by atoms with van der Waals surface area (Å²) >= 11 is 5.68. The van der Waals surface area contributed by atoms with Crippen molar-refractivity contribution in [2.24, 2.45) is 21.4 Å². The Morgan fingerprint density at radius 3 is 1.63 bits per heavy atom. The maximum atomic E-state index is 12.2. The minimum atomic E-state index is -0.569. The molecular weight excluding hydrogens is 745 g/mol. The van der Waals surface area contributed by atoms with E-state index in [1.807, 2.05) is 23.1 Å². The van der Waals surface area contributed by atoms with Crippen molar-refractivity contribution >= 4 is 79.4 Å². The molecule has 270 valence electrons. The number of carbonyl (C=O) groups excluding carboxylic acids is 1. The van der Waals surface area contributed by atoms with E-state index in [9.17, 15) is 14.4 Å². The molecule has 0 fully saturated rings. The summed E-state index contributed by atoms with van der Waals surface area (Å²) in [4.78, 5) is 61.4. The molecular formula is C29H32N10O8S4. The molecule has 0 saturated heterocycles. The minimum Gasteiger partial charge on any atom is -0.411 e. The molecule has 0 saturated carbocycles. The van der Waals surface area contributed by atoms with Crippen molar-refractivity contribution in [3.8, 4) is 6.01 Å². The number of nitrogens with zero attached hydrogens (tertiary/aromatic N) is 8. The van der Waals surface area contributed by atoms with Crippen molar-refractivity contribution in [1.29, 1.82) is 0 Å². The molecule has 0 aliphatic rings. The molecule has 6 aromatic rings.